The van der Waals surface area contributed by atoms with Crippen LogP contribution in [0.2, 0.25) is 0 Å². The Morgan fingerprint density at radius 1 is 1.35 bits per heavy atom. The van der Waals surface area contributed by atoms with Gasteiger partial charge in [-0.05, 0) is 49.4 Å². The maximum atomic E-state index is 4.53. The zero-order valence-corrected chi connectivity index (χ0v) is 12.6. The van der Waals surface area contributed by atoms with Crippen LogP contribution in [0.3, 0.4) is 0 Å². The fourth-order valence-electron chi connectivity index (χ4n) is 2.93. The van der Waals surface area contributed by atoms with Crippen molar-refractivity contribution in [2.45, 2.75) is 45.6 Å². The van der Waals surface area contributed by atoms with Gasteiger partial charge in [0.1, 0.15) is 0 Å². The van der Waals surface area contributed by atoms with Crippen molar-refractivity contribution in [1.82, 2.24) is 9.78 Å². The topological polar surface area (TPSA) is 29.9 Å². The molecule has 1 N–H and O–H groups in total. The van der Waals surface area contributed by atoms with E-state index in [1.807, 2.05) is 11.7 Å². The first-order chi connectivity index (χ1) is 9.65. The zero-order valence-electron chi connectivity index (χ0n) is 12.6. The molecule has 3 nitrogen and oxygen atoms in total. The van der Waals surface area contributed by atoms with Gasteiger partial charge < -0.3 is 5.32 Å². The van der Waals surface area contributed by atoms with Crippen molar-refractivity contribution in [2.75, 3.05) is 5.32 Å². The van der Waals surface area contributed by atoms with Gasteiger partial charge in [0.25, 0.3) is 0 Å². The van der Waals surface area contributed by atoms with Gasteiger partial charge in [-0.25, -0.2) is 0 Å². The zero-order chi connectivity index (χ0) is 14.1. The molecule has 0 aliphatic carbocycles. The van der Waals surface area contributed by atoms with Gasteiger partial charge >= 0.3 is 0 Å². The Bertz CT molecular complexity index is 613. The van der Waals surface area contributed by atoms with Crippen LogP contribution in [-0.2, 0) is 26.3 Å². The number of nitrogens with one attached hydrogen (secondary N) is 1. The first kappa shape index (κ1) is 13.2. The van der Waals surface area contributed by atoms with Crippen LogP contribution in [0.4, 0.5) is 5.69 Å². The Morgan fingerprint density at radius 3 is 2.95 bits per heavy atom. The number of anilines is 1. The van der Waals surface area contributed by atoms with Crippen LogP contribution in [0.25, 0.3) is 0 Å². The van der Waals surface area contributed by atoms with Crippen LogP contribution in [0.5, 0.6) is 0 Å². The summed E-state index contributed by atoms with van der Waals surface area (Å²) in [5, 5.41) is 8.08. The van der Waals surface area contributed by atoms with E-state index in [-0.39, 0.29) is 0 Å². The van der Waals surface area contributed by atoms with E-state index in [0.717, 1.165) is 12.8 Å². The van der Waals surface area contributed by atoms with E-state index in [9.17, 15) is 0 Å². The van der Waals surface area contributed by atoms with Crippen molar-refractivity contribution in [2.24, 2.45) is 7.05 Å². The number of aryl methyl sites for hydroxylation is 3. The molecule has 1 unspecified atom stereocenters. The van der Waals surface area contributed by atoms with Crippen LogP contribution >= 0.6 is 0 Å². The van der Waals surface area contributed by atoms with E-state index < -0.39 is 0 Å². The number of fused-ring (bicyclic) bond motifs is 1. The molecule has 0 spiro atoms. The number of aromatic nitrogens is 2. The van der Waals surface area contributed by atoms with E-state index >= 15 is 0 Å². The molecule has 106 valence electrons. The summed E-state index contributed by atoms with van der Waals surface area (Å²) in [5.41, 5.74) is 6.62. The lowest BCUT2D eigenvalue weighted by Crippen LogP contribution is -2.21. The molecule has 2 heterocycles. The summed E-state index contributed by atoms with van der Waals surface area (Å²) >= 11 is 0. The molecule has 1 aromatic heterocycles. The quantitative estimate of drug-likeness (QED) is 0.926. The molecule has 0 bridgehead atoms. The lowest BCUT2D eigenvalue weighted by atomic mass is 9.96. The summed E-state index contributed by atoms with van der Waals surface area (Å²) in [6, 6.07) is 9.64. The smallest absolute Gasteiger partial charge is 0.0624 e. The molecule has 1 aliphatic rings. The molecule has 3 heteroatoms. The first-order valence-corrected chi connectivity index (χ1v) is 7.56. The SMILES string of the molecule is CCc1cc(Cc2ccc3c(c2)CCC(C)N3)n(C)n1. The molecule has 1 atom stereocenters. The molecule has 2 aromatic rings. The summed E-state index contributed by atoms with van der Waals surface area (Å²) in [4.78, 5) is 0. The van der Waals surface area contributed by atoms with Crippen molar-refractivity contribution in [3.63, 3.8) is 0 Å². The standard InChI is InChI=1S/C17H23N3/c1-4-15-11-16(20(3)19-15)10-13-6-8-17-14(9-13)7-5-12(2)18-17/h6,8-9,11-12,18H,4-5,7,10H2,1-3H3. The Morgan fingerprint density at radius 2 is 2.20 bits per heavy atom. The normalized spacial score (nSPS) is 17.6. The predicted molar refractivity (Wildman–Crippen MR) is 83.2 cm³/mol. The Labute approximate surface area is 121 Å². The first-order valence-electron chi connectivity index (χ1n) is 7.56. The van der Waals surface area contributed by atoms with Crippen molar-refractivity contribution in [3.8, 4) is 0 Å². The summed E-state index contributed by atoms with van der Waals surface area (Å²) < 4.78 is 2.01. The number of nitrogens with zero attached hydrogens (tertiary/aromatic N) is 2. The lowest BCUT2D eigenvalue weighted by molar-refractivity contribution is 0.679. The predicted octanol–water partition coefficient (Wildman–Crippen LogP) is 3.32. The lowest BCUT2D eigenvalue weighted by Gasteiger charge is -2.24. The minimum Gasteiger partial charge on any atom is -0.382 e. The third kappa shape index (κ3) is 2.58. The van der Waals surface area contributed by atoms with Crippen molar-refractivity contribution in [1.29, 1.82) is 0 Å². The maximum Gasteiger partial charge on any atom is 0.0624 e. The van der Waals surface area contributed by atoms with Gasteiger partial charge in [-0.3, -0.25) is 4.68 Å². The van der Waals surface area contributed by atoms with Crippen LogP contribution in [0.1, 0.15) is 42.8 Å². The molecule has 0 amide bonds. The van der Waals surface area contributed by atoms with Crippen LogP contribution in [0, 0.1) is 0 Å². The number of hydrogen-bond acceptors (Lipinski definition) is 2. The molecule has 1 aliphatic heterocycles. The number of rotatable bonds is 3. The third-order valence-electron chi connectivity index (χ3n) is 4.19. The van der Waals surface area contributed by atoms with Crippen LogP contribution < -0.4 is 5.32 Å². The number of hydrogen-bond donors (Lipinski definition) is 1. The van der Waals surface area contributed by atoms with Gasteiger partial charge in [0.15, 0.2) is 0 Å². The second kappa shape index (κ2) is 5.31. The van der Waals surface area contributed by atoms with E-state index in [4.69, 9.17) is 0 Å². The molecule has 0 saturated carbocycles. The van der Waals surface area contributed by atoms with Gasteiger partial charge in [0, 0.05) is 30.9 Å². The molecule has 20 heavy (non-hydrogen) atoms. The van der Waals surface area contributed by atoms with Gasteiger partial charge in [-0.1, -0.05) is 19.1 Å². The highest BCUT2D eigenvalue weighted by atomic mass is 15.3. The highest BCUT2D eigenvalue weighted by Gasteiger charge is 2.14. The van der Waals surface area contributed by atoms with Gasteiger partial charge in [0.05, 0.1) is 5.69 Å². The van der Waals surface area contributed by atoms with E-state index in [1.165, 1.54) is 41.0 Å². The van der Waals surface area contributed by atoms with Crippen molar-refractivity contribution < 1.29 is 0 Å². The van der Waals surface area contributed by atoms with Crippen LogP contribution in [0.15, 0.2) is 24.3 Å². The van der Waals surface area contributed by atoms with Gasteiger partial charge in [-0.15, -0.1) is 0 Å². The molecule has 0 saturated heterocycles. The Kier molecular flexibility index (Phi) is 3.51. The minimum absolute atomic E-state index is 0.595. The summed E-state index contributed by atoms with van der Waals surface area (Å²) in [6.07, 6.45) is 4.37. The molecule has 1 aromatic carbocycles. The highest BCUT2D eigenvalue weighted by Crippen LogP contribution is 2.26. The average Bonchev–Trinajstić information content (AvgIpc) is 2.80. The van der Waals surface area contributed by atoms with E-state index in [0.29, 0.717) is 6.04 Å². The molecule has 0 radical (unpaired) electrons. The fourth-order valence-corrected chi connectivity index (χ4v) is 2.93. The summed E-state index contributed by atoms with van der Waals surface area (Å²) in [5.74, 6) is 0. The van der Waals surface area contributed by atoms with Crippen LogP contribution in [-0.4, -0.2) is 15.8 Å². The summed E-state index contributed by atoms with van der Waals surface area (Å²) in [7, 11) is 2.04. The third-order valence-corrected chi connectivity index (χ3v) is 4.19. The van der Waals surface area contributed by atoms with E-state index in [1.54, 1.807) is 0 Å². The second-order valence-corrected chi connectivity index (χ2v) is 5.86. The minimum atomic E-state index is 0.595. The van der Waals surface area contributed by atoms with Gasteiger partial charge in [-0.2, -0.15) is 5.10 Å². The fraction of sp³-hybridized carbons (Fsp3) is 0.471. The molecule has 0 fully saturated rings. The molecular weight excluding hydrogens is 246 g/mol. The van der Waals surface area contributed by atoms with E-state index in [2.05, 4.69) is 48.5 Å². The largest absolute Gasteiger partial charge is 0.382 e. The van der Waals surface area contributed by atoms with Crippen molar-refractivity contribution >= 4 is 5.69 Å². The second-order valence-electron chi connectivity index (χ2n) is 5.86. The summed E-state index contributed by atoms with van der Waals surface area (Å²) in [6.45, 7) is 4.40. The average molecular weight is 269 g/mol. The molecule has 3 rings (SSSR count). The van der Waals surface area contributed by atoms with Crippen molar-refractivity contribution in [3.05, 3.63) is 46.8 Å². The highest BCUT2D eigenvalue weighted by molar-refractivity contribution is 5.55. The Hall–Kier alpha value is -1.77. The number of benzene rings is 1. The Balaban J connectivity index is 1.82. The van der Waals surface area contributed by atoms with Gasteiger partial charge in [0.2, 0.25) is 0 Å². The molecular formula is C17H23N3. The maximum absolute atomic E-state index is 4.53. The monoisotopic (exact) mass is 269 g/mol.